The van der Waals surface area contributed by atoms with Gasteiger partial charge in [-0.3, -0.25) is 10.2 Å². The van der Waals surface area contributed by atoms with Crippen molar-refractivity contribution in [2.45, 2.75) is 13.8 Å². The van der Waals surface area contributed by atoms with Crippen LogP contribution in [0.1, 0.15) is 32.7 Å². The van der Waals surface area contributed by atoms with Crippen molar-refractivity contribution in [2.75, 3.05) is 11.1 Å². The second kappa shape index (κ2) is 6.58. The van der Waals surface area contributed by atoms with Crippen LogP contribution in [0.4, 0.5) is 11.4 Å². The van der Waals surface area contributed by atoms with E-state index >= 15 is 0 Å². The lowest BCUT2D eigenvalue weighted by Crippen LogP contribution is -2.16. The highest BCUT2D eigenvalue weighted by Gasteiger charge is 2.15. The molecule has 4 N–H and O–H groups in total. The largest absolute Gasteiger partial charge is 0.398 e. The number of amides is 1. The van der Waals surface area contributed by atoms with Gasteiger partial charge in [0.25, 0.3) is 5.91 Å². The molecule has 0 saturated carbocycles. The Labute approximate surface area is 142 Å². The minimum absolute atomic E-state index is 0.134. The van der Waals surface area contributed by atoms with E-state index in [1.165, 1.54) is 6.20 Å². The molecule has 0 radical (unpaired) electrons. The second-order valence-corrected chi connectivity index (χ2v) is 5.75. The molecule has 7 heteroatoms. The molecule has 1 aromatic heterocycles. The zero-order valence-electron chi connectivity index (χ0n) is 12.6. The third-order valence-corrected chi connectivity index (χ3v) is 3.95. The summed E-state index contributed by atoms with van der Waals surface area (Å²) in [4.78, 5) is 16.5. The molecule has 2 rings (SSSR count). The molecule has 1 aromatic carbocycles. The lowest BCUT2D eigenvalue weighted by molar-refractivity contribution is 0.102. The average Bonchev–Trinajstić information content (AvgIpc) is 2.51. The van der Waals surface area contributed by atoms with Crippen LogP contribution in [-0.2, 0) is 0 Å². The summed E-state index contributed by atoms with van der Waals surface area (Å²) < 4.78 is 0.134. The lowest BCUT2D eigenvalue weighted by Gasteiger charge is -2.11. The van der Waals surface area contributed by atoms with Gasteiger partial charge in [0.2, 0.25) is 0 Å². The summed E-state index contributed by atoms with van der Waals surface area (Å²) in [6.45, 7) is 3.53. The number of nitrogens with two attached hydrogens (primary N) is 1. The molecule has 0 bridgehead atoms. The van der Waals surface area contributed by atoms with Gasteiger partial charge in [-0.05, 0) is 59.1 Å². The minimum atomic E-state index is -0.382. The third kappa shape index (κ3) is 3.38. The van der Waals surface area contributed by atoms with Crippen LogP contribution < -0.4 is 11.1 Å². The van der Waals surface area contributed by atoms with Crippen LogP contribution in [0.3, 0.4) is 0 Å². The first kappa shape index (κ1) is 16.6. The van der Waals surface area contributed by atoms with Crippen LogP contribution in [0.15, 0.2) is 24.4 Å². The molecule has 0 aliphatic heterocycles. The summed E-state index contributed by atoms with van der Waals surface area (Å²) in [6.07, 6.45) is 1.39. The second-order valence-electron chi connectivity index (χ2n) is 4.95. The highest BCUT2D eigenvalue weighted by molar-refractivity contribution is 9.18. The molecule has 6 nitrogen and oxygen atoms in total. The van der Waals surface area contributed by atoms with E-state index in [1.54, 1.807) is 32.0 Å². The molecule has 0 atom stereocenters. The van der Waals surface area contributed by atoms with Gasteiger partial charge in [0.15, 0.2) is 0 Å². The first-order chi connectivity index (χ1) is 10.8. The van der Waals surface area contributed by atoms with Gasteiger partial charge in [-0.1, -0.05) is 0 Å². The predicted octanol–water partition coefficient (Wildman–Crippen LogP) is 3.12. The predicted molar refractivity (Wildman–Crippen MR) is 93.0 cm³/mol. The van der Waals surface area contributed by atoms with E-state index in [0.29, 0.717) is 28.1 Å². The van der Waals surface area contributed by atoms with Crippen LogP contribution in [0.25, 0.3) is 0 Å². The maximum Gasteiger partial charge on any atom is 0.274 e. The van der Waals surface area contributed by atoms with Crippen molar-refractivity contribution >= 4 is 37.8 Å². The van der Waals surface area contributed by atoms with Gasteiger partial charge in [0.1, 0.15) is 16.4 Å². The highest BCUT2D eigenvalue weighted by Crippen LogP contribution is 2.22. The standard InChI is InChI=1S/C16H14BrN5O/c1-8-9(2)14(21-7-10(8)6-18)16(23)22-11-3-4-13(19)12(5-11)15(17)20/h3-5,7,20H,19H2,1-2H3,(H,22,23). The Kier molecular flexibility index (Phi) is 4.77. The van der Waals surface area contributed by atoms with Crippen LogP contribution in [-0.4, -0.2) is 15.5 Å². The molecule has 0 saturated heterocycles. The SMILES string of the molecule is Cc1c(C#N)cnc(C(=O)Nc2ccc(N)c(C(=N)Br)c2)c1C. The Morgan fingerprint density at radius 1 is 1.39 bits per heavy atom. The van der Waals surface area contributed by atoms with E-state index in [1.807, 2.05) is 6.07 Å². The van der Waals surface area contributed by atoms with Gasteiger partial charge in [-0.2, -0.15) is 5.26 Å². The van der Waals surface area contributed by atoms with E-state index in [4.69, 9.17) is 16.4 Å². The van der Waals surface area contributed by atoms with Crippen LogP contribution in [0.2, 0.25) is 0 Å². The van der Waals surface area contributed by atoms with E-state index in [0.717, 1.165) is 5.56 Å². The van der Waals surface area contributed by atoms with Crippen LogP contribution in [0, 0.1) is 30.6 Å². The number of anilines is 2. The molecular weight excluding hydrogens is 358 g/mol. The van der Waals surface area contributed by atoms with Crippen LogP contribution >= 0.6 is 15.9 Å². The molecule has 1 heterocycles. The van der Waals surface area contributed by atoms with Gasteiger partial charge in [0.05, 0.1) is 5.56 Å². The lowest BCUT2D eigenvalue weighted by atomic mass is 10.0. The average molecular weight is 372 g/mol. The monoisotopic (exact) mass is 371 g/mol. The molecule has 0 unspecified atom stereocenters. The first-order valence-electron chi connectivity index (χ1n) is 6.66. The number of carbonyl (C=O) groups excluding carboxylic acids is 1. The smallest absolute Gasteiger partial charge is 0.274 e. The molecule has 0 aliphatic rings. The summed E-state index contributed by atoms with van der Waals surface area (Å²) in [5, 5.41) is 19.3. The molecule has 2 aromatic rings. The maximum absolute atomic E-state index is 12.4. The Balaban J connectivity index is 2.34. The molecule has 0 aliphatic carbocycles. The first-order valence-corrected chi connectivity index (χ1v) is 7.46. The van der Waals surface area contributed by atoms with Crippen molar-refractivity contribution in [3.8, 4) is 6.07 Å². The quantitative estimate of drug-likeness (QED) is 0.567. The summed E-state index contributed by atoms with van der Waals surface area (Å²) >= 11 is 3.06. The van der Waals surface area contributed by atoms with Crippen molar-refractivity contribution in [2.24, 2.45) is 0 Å². The Morgan fingerprint density at radius 2 is 2.09 bits per heavy atom. The number of nitrogens with one attached hydrogen (secondary N) is 2. The summed E-state index contributed by atoms with van der Waals surface area (Å²) in [7, 11) is 0. The Hall–Kier alpha value is -2.72. The number of aromatic nitrogens is 1. The van der Waals surface area contributed by atoms with Crippen molar-refractivity contribution in [1.29, 1.82) is 10.7 Å². The number of hydrogen-bond donors (Lipinski definition) is 3. The van der Waals surface area contributed by atoms with Gasteiger partial charge >= 0.3 is 0 Å². The normalized spacial score (nSPS) is 10.0. The number of benzene rings is 1. The number of nitrogens with zero attached hydrogens (tertiary/aromatic N) is 2. The fraction of sp³-hybridized carbons (Fsp3) is 0.125. The van der Waals surface area contributed by atoms with E-state index in [9.17, 15) is 4.79 Å². The van der Waals surface area contributed by atoms with Crippen molar-refractivity contribution in [3.05, 3.63) is 52.3 Å². The Bertz CT molecular complexity index is 854. The number of carbonyl (C=O) groups is 1. The fourth-order valence-corrected chi connectivity index (χ4v) is 2.40. The zero-order valence-corrected chi connectivity index (χ0v) is 14.2. The summed E-state index contributed by atoms with van der Waals surface area (Å²) in [5.74, 6) is -0.382. The van der Waals surface area contributed by atoms with Crippen molar-refractivity contribution in [1.82, 2.24) is 4.98 Å². The van der Waals surface area contributed by atoms with E-state index < -0.39 is 0 Å². The minimum Gasteiger partial charge on any atom is -0.398 e. The maximum atomic E-state index is 12.4. The Morgan fingerprint density at radius 3 is 2.70 bits per heavy atom. The zero-order chi connectivity index (χ0) is 17.1. The van der Waals surface area contributed by atoms with Crippen molar-refractivity contribution in [3.63, 3.8) is 0 Å². The molecular formula is C16H14BrN5O. The van der Waals surface area contributed by atoms with E-state index in [2.05, 4.69) is 26.2 Å². The number of pyridine rings is 1. The topological polar surface area (TPSA) is 116 Å². The molecule has 1 amide bonds. The van der Waals surface area contributed by atoms with Gasteiger partial charge in [0, 0.05) is 23.1 Å². The number of hydrogen-bond acceptors (Lipinski definition) is 5. The number of rotatable bonds is 3. The van der Waals surface area contributed by atoms with Gasteiger partial charge in [-0.25, -0.2) is 4.98 Å². The summed E-state index contributed by atoms with van der Waals surface area (Å²) in [6, 6.07) is 6.92. The van der Waals surface area contributed by atoms with Gasteiger partial charge < -0.3 is 11.1 Å². The molecule has 23 heavy (non-hydrogen) atoms. The van der Waals surface area contributed by atoms with Crippen LogP contribution in [0.5, 0.6) is 0 Å². The molecule has 116 valence electrons. The number of nitrogen functional groups attached to an aromatic ring is 1. The third-order valence-electron chi connectivity index (χ3n) is 3.53. The number of halogens is 1. The highest BCUT2D eigenvalue weighted by atomic mass is 79.9. The van der Waals surface area contributed by atoms with Crippen molar-refractivity contribution < 1.29 is 4.79 Å². The fourth-order valence-electron chi connectivity index (χ4n) is 2.06. The summed E-state index contributed by atoms with van der Waals surface area (Å²) in [5.41, 5.74) is 9.31. The van der Waals surface area contributed by atoms with E-state index in [-0.39, 0.29) is 16.2 Å². The van der Waals surface area contributed by atoms with Gasteiger partial charge in [-0.15, -0.1) is 0 Å². The molecule has 0 fully saturated rings. The molecule has 0 spiro atoms. The number of nitriles is 1.